The first kappa shape index (κ1) is 14.7. The highest BCUT2D eigenvalue weighted by molar-refractivity contribution is 7.99. The average molecular weight is 307 g/mol. The molecule has 0 heterocycles. The van der Waals surface area contributed by atoms with E-state index in [9.17, 15) is 4.79 Å². The Hall–Kier alpha value is -2.26. The number of hydrogen-bond acceptors (Lipinski definition) is 2. The minimum Gasteiger partial charge on any atom is -0.325 e. The Morgan fingerprint density at radius 3 is 2.45 bits per heavy atom. The molecule has 0 saturated carbocycles. The highest BCUT2D eigenvalue weighted by Gasteiger charge is 2.05. The molecule has 0 atom stereocenters. The van der Waals surface area contributed by atoms with E-state index in [2.05, 4.69) is 29.6 Å². The summed E-state index contributed by atoms with van der Waals surface area (Å²) in [7, 11) is 0. The van der Waals surface area contributed by atoms with Crippen LogP contribution in [-0.4, -0.2) is 11.7 Å². The van der Waals surface area contributed by atoms with Crippen LogP contribution < -0.4 is 5.32 Å². The normalized spacial score (nSPS) is 10.5. The molecule has 1 N–H and O–H groups in total. The summed E-state index contributed by atoms with van der Waals surface area (Å²) in [6, 6.07) is 24.2. The van der Waals surface area contributed by atoms with Crippen LogP contribution in [0.25, 0.3) is 10.8 Å². The van der Waals surface area contributed by atoms with Crippen LogP contribution in [0.15, 0.2) is 72.8 Å². The lowest BCUT2D eigenvalue weighted by Crippen LogP contribution is -2.14. The molecule has 0 fully saturated rings. The molecule has 0 aliphatic rings. The molecule has 0 radical (unpaired) electrons. The first-order valence-electron chi connectivity index (χ1n) is 7.22. The lowest BCUT2D eigenvalue weighted by molar-refractivity contribution is -0.113. The van der Waals surface area contributed by atoms with Gasteiger partial charge in [0, 0.05) is 16.8 Å². The molecule has 0 aliphatic heterocycles. The zero-order valence-electron chi connectivity index (χ0n) is 12.2. The van der Waals surface area contributed by atoms with Crippen molar-refractivity contribution >= 4 is 34.1 Å². The second-order valence-electron chi connectivity index (χ2n) is 5.05. The molecule has 3 rings (SSSR count). The van der Waals surface area contributed by atoms with Crippen LogP contribution in [0.3, 0.4) is 0 Å². The van der Waals surface area contributed by atoms with E-state index in [4.69, 9.17) is 0 Å². The van der Waals surface area contributed by atoms with Crippen molar-refractivity contribution in [1.82, 2.24) is 0 Å². The molecule has 0 bridgehead atoms. The lowest BCUT2D eigenvalue weighted by atomic mass is 10.1. The maximum atomic E-state index is 12.1. The number of carbonyl (C=O) groups is 1. The smallest absolute Gasteiger partial charge is 0.234 e. The Bertz CT molecular complexity index is 765. The Labute approximate surface area is 134 Å². The summed E-state index contributed by atoms with van der Waals surface area (Å²) < 4.78 is 0. The minimum atomic E-state index is 0.0392. The number of thioether (sulfide) groups is 1. The molecule has 3 heteroatoms. The zero-order chi connectivity index (χ0) is 15.2. The molecular weight excluding hydrogens is 290 g/mol. The van der Waals surface area contributed by atoms with Gasteiger partial charge in [-0.1, -0.05) is 66.7 Å². The summed E-state index contributed by atoms with van der Waals surface area (Å²) in [6.45, 7) is 0. The van der Waals surface area contributed by atoms with Crippen molar-refractivity contribution in [2.24, 2.45) is 0 Å². The van der Waals surface area contributed by atoms with Crippen LogP contribution in [0.2, 0.25) is 0 Å². The molecule has 2 nitrogen and oxygen atoms in total. The van der Waals surface area contributed by atoms with Crippen molar-refractivity contribution < 1.29 is 4.79 Å². The van der Waals surface area contributed by atoms with Crippen molar-refractivity contribution in [2.45, 2.75) is 5.75 Å². The highest BCUT2D eigenvalue weighted by atomic mass is 32.2. The van der Waals surface area contributed by atoms with Crippen molar-refractivity contribution in [1.29, 1.82) is 0 Å². The number of fused-ring (bicyclic) bond motifs is 1. The van der Waals surface area contributed by atoms with E-state index in [1.165, 1.54) is 5.56 Å². The predicted octanol–water partition coefficient (Wildman–Crippen LogP) is 4.71. The number of anilines is 1. The van der Waals surface area contributed by atoms with Gasteiger partial charge in [0.2, 0.25) is 5.91 Å². The third kappa shape index (κ3) is 3.68. The monoisotopic (exact) mass is 307 g/mol. The van der Waals surface area contributed by atoms with Crippen LogP contribution in [0, 0.1) is 0 Å². The summed E-state index contributed by atoms with van der Waals surface area (Å²) >= 11 is 1.63. The van der Waals surface area contributed by atoms with Crippen LogP contribution >= 0.6 is 11.8 Å². The van der Waals surface area contributed by atoms with Gasteiger partial charge in [0.15, 0.2) is 0 Å². The molecule has 0 spiro atoms. The van der Waals surface area contributed by atoms with Crippen molar-refractivity contribution in [3.05, 3.63) is 78.4 Å². The number of nitrogens with one attached hydrogen (secondary N) is 1. The van der Waals surface area contributed by atoms with E-state index < -0.39 is 0 Å². The standard InChI is InChI=1S/C19H17NOS/c21-19(14-22-13-15-7-2-1-3-8-15)20-18-12-6-10-16-9-4-5-11-17(16)18/h1-12H,13-14H2,(H,20,21). The van der Waals surface area contributed by atoms with Crippen LogP contribution in [0.1, 0.15) is 5.56 Å². The molecule has 0 aliphatic carbocycles. The van der Waals surface area contributed by atoms with Gasteiger partial charge in [-0.05, 0) is 17.0 Å². The molecule has 0 saturated heterocycles. The van der Waals surface area contributed by atoms with Crippen molar-refractivity contribution in [2.75, 3.05) is 11.1 Å². The van der Waals surface area contributed by atoms with E-state index in [-0.39, 0.29) is 5.91 Å². The molecule has 0 unspecified atom stereocenters. The van der Waals surface area contributed by atoms with E-state index in [1.54, 1.807) is 11.8 Å². The Morgan fingerprint density at radius 2 is 1.59 bits per heavy atom. The van der Waals surface area contributed by atoms with Gasteiger partial charge in [-0.25, -0.2) is 0 Å². The van der Waals surface area contributed by atoms with Gasteiger partial charge >= 0.3 is 0 Å². The van der Waals surface area contributed by atoms with Gasteiger partial charge < -0.3 is 5.32 Å². The maximum Gasteiger partial charge on any atom is 0.234 e. The van der Waals surface area contributed by atoms with Crippen LogP contribution in [0.5, 0.6) is 0 Å². The third-order valence-electron chi connectivity index (χ3n) is 3.41. The zero-order valence-corrected chi connectivity index (χ0v) is 13.0. The first-order chi connectivity index (χ1) is 10.8. The fraction of sp³-hybridized carbons (Fsp3) is 0.105. The first-order valence-corrected chi connectivity index (χ1v) is 8.38. The fourth-order valence-electron chi connectivity index (χ4n) is 2.36. The van der Waals surface area contributed by atoms with Gasteiger partial charge in [0.1, 0.15) is 0 Å². The second-order valence-corrected chi connectivity index (χ2v) is 6.04. The molecular formula is C19H17NOS. The summed E-state index contributed by atoms with van der Waals surface area (Å²) in [6.07, 6.45) is 0. The molecule has 0 aromatic heterocycles. The summed E-state index contributed by atoms with van der Waals surface area (Å²) in [5.74, 6) is 1.35. The second kappa shape index (κ2) is 7.14. The largest absolute Gasteiger partial charge is 0.325 e. The van der Waals surface area contributed by atoms with Gasteiger partial charge in [-0.15, -0.1) is 11.8 Å². The minimum absolute atomic E-state index is 0.0392. The SMILES string of the molecule is O=C(CSCc1ccccc1)Nc1cccc2ccccc12. The Balaban J connectivity index is 1.59. The number of benzene rings is 3. The predicted molar refractivity (Wildman–Crippen MR) is 95.2 cm³/mol. The molecule has 3 aromatic carbocycles. The van der Waals surface area contributed by atoms with Crippen molar-refractivity contribution in [3.8, 4) is 0 Å². The Kier molecular flexibility index (Phi) is 4.76. The van der Waals surface area contributed by atoms with E-state index in [1.807, 2.05) is 48.5 Å². The maximum absolute atomic E-state index is 12.1. The van der Waals surface area contributed by atoms with Gasteiger partial charge in [-0.3, -0.25) is 4.79 Å². The summed E-state index contributed by atoms with van der Waals surface area (Å²) in [4.78, 5) is 12.1. The van der Waals surface area contributed by atoms with Crippen LogP contribution in [0.4, 0.5) is 5.69 Å². The van der Waals surface area contributed by atoms with Crippen molar-refractivity contribution in [3.63, 3.8) is 0 Å². The Morgan fingerprint density at radius 1 is 0.864 bits per heavy atom. The van der Waals surface area contributed by atoms with E-state index in [0.29, 0.717) is 5.75 Å². The molecule has 110 valence electrons. The number of carbonyl (C=O) groups excluding carboxylic acids is 1. The quantitative estimate of drug-likeness (QED) is 0.739. The average Bonchev–Trinajstić information content (AvgIpc) is 2.56. The third-order valence-corrected chi connectivity index (χ3v) is 4.41. The lowest BCUT2D eigenvalue weighted by Gasteiger charge is -2.08. The number of rotatable bonds is 5. The van der Waals surface area contributed by atoms with E-state index in [0.717, 1.165) is 22.2 Å². The molecule has 1 amide bonds. The topological polar surface area (TPSA) is 29.1 Å². The van der Waals surface area contributed by atoms with Gasteiger partial charge in [0.05, 0.1) is 5.75 Å². The number of hydrogen-bond donors (Lipinski definition) is 1. The van der Waals surface area contributed by atoms with Gasteiger partial charge in [-0.2, -0.15) is 0 Å². The van der Waals surface area contributed by atoms with Gasteiger partial charge in [0.25, 0.3) is 0 Å². The molecule has 22 heavy (non-hydrogen) atoms. The van der Waals surface area contributed by atoms with E-state index >= 15 is 0 Å². The fourth-order valence-corrected chi connectivity index (χ4v) is 3.14. The number of amides is 1. The highest BCUT2D eigenvalue weighted by Crippen LogP contribution is 2.23. The van der Waals surface area contributed by atoms with Crippen LogP contribution in [-0.2, 0) is 10.5 Å². The summed E-state index contributed by atoms with van der Waals surface area (Å²) in [5, 5.41) is 5.22. The summed E-state index contributed by atoms with van der Waals surface area (Å²) in [5.41, 5.74) is 2.12. The molecule has 3 aromatic rings.